The average molecular weight is 378 g/mol. The monoisotopic (exact) mass is 378 g/mol. The van der Waals surface area contributed by atoms with Crippen molar-refractivity contribution in [3.63, 3.8) is 0 Å². The molecule has 28 heavy (non-hydrogen) atoms. The Balaban J connectivity index is 1.67. The molecule has 0 radical (unpaired) electrons. The molecule has 0 atom stereocenters. The minimum atomic E-state index is 0.360. The molecule has 3 N–H and O–H groups in total. The lowest BCUT2D eigenvalue weighted by Gasteiger charge is -2.29. The maximum atomic E-state index is 6.19. The van der Waals surface area contributed by atoms with E-state index in [-0.39, 0.29) is 0 Å². The third-order valence-corrected chi connectivity index (χ3v) is 5.23. The zero-order valence-electron chi connectivity index (χ0n) is 16.4. The van der Waals surface area contributed by atoms with Gasteiger partial charge in [0.25, 0.3) is 0 Å². The van der Waals surface area contributed by atoms with Gasteiger partial charge in [-0.25, -0.2) is 4.98 Å². The van der Waals surface area contributed by atoms with Gasteiger partial charge in [-0.15, -0.1) is 0 Å². The number of piperidine rings is 1. The molecule has 0 saturated carbocycles. The van der Waals surface area contributed by atoms with Gasteiger partial charge in [0.05, 0.1) is 17.7 Å². The lowest BCUT2D eigenvalue weighted by molar-refractivity contribution is 0.185. The van der Waals surface area contributed by atoms with Crippen LogP contribution < -0.4 is 11.1 Å². The summed E-state index contributed by atoms with van der Waals surface area (Å²) in [5, 5.41) is 4.20. The predicted molar refractivity (Wildman–Crippen MR) is 112 cm³/mol. The molecule has 1 aromatic carbocycles. The maximum absolute atomic E-state index is 6.19. The van der Waals surface area contributed by atoms with Gasteiger partial charge in [-0.3, -0.25) is 0 Å². The van der Waals surface area contributed by atoms with Gasteiger partial charge in [0.2, 0.25) is 5.95 Å². The second kappa shape index (κ2) is 8.08. The van der Waals surface area contributed by atoms with Crippen molar-refractivity contribution in [2.24, 2.45) is 0 Å². The van der Waals surface area contributed by atoms with E-state index < -0.39 is 0 Å². The van der Waals surface area contributed by atoms with E-state index in [0.29, 0.717) is 30.1 Å². The molecule has 0 aliphatic carbocycles. The molecule has 3 heterocycles. The van der Waals surface area contributed by atoms with E-state index >= 15 is 0 Å². The summed E-state index contributed by atoms with van der Waals surface area (Å²) in [4.78, 5) is 16.2. The van der Waals surface area contributed by atoms with Crippen LogP contribution in [-0.2, 0) is 11.3 Å². The van der Waals surface area contributed by atoms with Crippen LogP contribution in [0.25, 0.3) is 22.3 Å². The molecule has 1 saturated heterocycles. The minimum absolute atomic E-state index is 0.360. The van der Waals surface area contributed by atoms with Crippen LogP contribution in [0.2, 0.25) is 0 Å². The number of nitrogens with zero attached hydrogens (tertiary/aromatic N) is 4. The second-order valence-corrected chi connectivity index (χ2v) is 7.31. The molecular formula is C21H26N6O. The van der Waals surface area contributed by atoms with Crippen LogP contribution in [0.1, 0.15) is 18.4 Å². The van der Waals surface area contributed by atoms with Crippen molar-refractivity contribution >= 4 is 22.8 Å². The molecule has 1 fully saturated rings. The lowest BCUT2D eigenvalue weighted by Crippen LogP contribution is -2.37. The van der Waals surface area contributed by atoms with Gasteiger partial charge >= 0.3 is 0 Å². The van der Waals surface area contributed by atoms with Crippen LogP contribution in [0.4, 0.5) is 11.8 Å². The molecule has 7 nitrogen and oxygen atoms in total. The van der Waals surface area contributed by atoms with E-state index in [4.69, 9.17) is 15.5 Å². The third-order valence-electron chi connectivity index (χ3n) is 5.23. The summed E-state index contributed by atoms with van der Waals surface area (Å²) in [6, 6.07) is 12.4. The Morgan fingerprint density at radius 1 is 1.11 bits per heavy atom. The third kappa shape index (κ3) is 3.90. The van der Waals surface area contributed by atoms with Gasteiger partial charge in [-0.2, -0.15) is 9.97 Å². The van der Waals surface area contributed by atoms with Gasteiger partial charge in [-0.1, -0.05) is 24.3 Å². The van der Waals surface area contributed by atoms with Gasteiger partial charge in [0.1, 0.15) is 5.82 Å². The number of fused-ring (bicyclic) bond motifs is 1. The van der Waals surface area contributed by atoms with Crippen molar-refractivity contribution in [1.29, 1.82) is 0 Å². The molecule has 0 bridgehead atoms. The Morgan fingerprint density at radius 2 is 1.89 bits per heavy atom. The maximum Gasteiger partial charge on any atom is 0.226 e. The van der Waals surface area contributed by atoms with E-state index in [0.717, 1.165) is 48.1 Å². The molecule has 3 aromatic rings. The average Bonchev–Trinajstić information content (AvgIpc) is 2.70. The van der Waals surface area contributed by atoms with E-state index in [1.54, 1.807) is 7.11 Å². The first-order chi connectivity index (χ1) is 13.6. The number of hydrogen-bond donors (Lipinski definition) is 2. The van der Waals surface area contributed by atoms with Crippen LogP contribution in [0, 0.1) is 0 Å². The van der Waals surface area contributed by atoms with Gasteiger partial charge < -0.3 is 20.7 Å². The van der Waals surface area contributed by atoms with Crippen LogP contribution in [-0.4, -0.2) is 53.1 Å². The molecule has 4 rings (SSSR count). The van der Waals surface area contributed by atoms with Crippen LogP contribution >= 0.6 is 0 Å². The smallest absolute Gasteiger partial charge is 0.226 e. The Hall–Kier alpha value is -2.77. The number of ether oxygens (including phenoxy) is 1. The van der Waals surface area contributed by atoms with E-state index in [1.165, 1.54) is 0 Å². The molecule has 7 heteroatoms. The second-order valence-electron chi connectivity index (χ2n) is 7.31. The van der Waals surface area contributed by atoms with Crippen LogP contribution in [0.5, 0.6) is 0 Å². The van der Waals surface area contributed by atoms with Crippen molar-refractivity contribution in [2.45, 2.75) is 25.5 Å². The Morgan fingerprint density at radius 3 is 2.68 bits per heavy atom. The number of anilines is 2. The van der Waals surface area contributed by atoms with Crippen molar-refractivity contribution in [3.05, 3.63) is 42.0 Å². The zero-order chi connectivity index (χ0) is 19.5. The zero-order valence-corrected chi connectivity index (χ0v) is 16.4. The summed E-state index contributed by atoms with van der Waals surface area (Å²) in [5.41, 5.74) is 9.77. The molecule has 1 aliphatic heterocycles. The summed E-state index contributed by atoms with van der Waals surface area (Å²) in [6.07, 6.45) is 2.13. The first-order valence-electron chi connectivity index (χ1n) is 9.60. The largest absolute Gasteiger partial charge is 0.383 e. The van der Waals surface area contributed by atoms with E-state index in [2.05, 4.69) is 27.2 Å². The summed E-state index contributed by atoms with van der Waals surface area (Å²) >= 11 is 0. The fourth-order valence-electron chi connectivity index (χ4n) is 3.63. The van der Waals surface area contributed by atoms with Gasteiger partial charge in [0.15, 0.2) is 5.65 Å². The molecule has 1 aliphatic rings. The fourth-order valence-corrected chi connectivity index (χ4v) is 3.63. The summed E-state index contributed by atoms with van der Waals surface area (Å²) < 4.78 is 5.32. The molecule has 0 spiro atoms. The number of hydrogen-bond acceptors (Lipinski definition) is 7. The quantitative estimate of drug-likeness (QED) is 0.705. The minimum Gasteiger partial charge on any atom is -0.383 e. The highest BCUT2D eigenvalue weighted by Crippen LogP contribution is 2.27. The highest BCUT2D eigenvalue weighted by molar-refractivity contribution is 5.88. The number of pyridine rings is 1. The Bertz CT molecular complexity index is 968. The summed E-state index contributed by atoms with van der Waals surface area (Å²) in [5.74, 6) is 0.999. The number of likely N-dealkylation sites (tertiary alicyclic amines) is 1. The number of methoxy groups -OCH3 is 1. The van der Waals surface area contributed by atoms with Gasteiger partial charge in [0, 0.05) is 18.7 Å². The molecule has 0 amide bonds. The molecular weight excluding hydrogens is 352 g/mol. The van der Waals surface area contributed by atoms with Crippen molar-refractivity contribution in [2.75, 3.05) is 38.3 Å². The summed E-state index contributed by atoms with van der Waals surface area (Å²) in [7, 11) is 3.84. The molecule has 146 valence electrons. The standard InChI is InChI=1S/C21H26N6O/c1-27-11-9-15(10-12-27)23-21-25-19(22)17-7-8-18(24-20(17)26-21)16-6-4-3-5-14(16)13-28-2/h3-8,15H,9-13H2,1-2H3,(H3,22,23,24,25,26). The first kappa shape index (κ1) is 18.6. The number of aromatic nitrogens is 3. The lowest BCUT2D eigenvalue weighted by atomic mass is 10.0. The number of nitrogens with one attached hydrogen (secondary N) is 1. The Labute approximate surface area is 165 Å². The van der Waals surface area contributed by atoms with Crippen molar-refractivity contribution in [1.82, 2.24) is 19.9 Å². The highest BCUT2D eigenvalue weighted by atomic mass is 16.5. The number of benzene rings is 1. The van der Waals surface area contributed by atoms with Crippen LogP contribution in [0.15, 0.2) is 36.4 Å². The normalized spacial score (nSPS) is 15.8. The van der Waals surface area contributed by atoms with E-state index in [9.17, 15) is 0 Å². The molecule has 2 aromatic heterocycles. The highest BCUT2D eigenvalue weighted by Gasteiger charge is 2.18. The van der Waals surface area contributed by atoms with Crippen molar-refractivity contribution in [3.8, 4) is 11.3 Å². The first-order valence-corrected chi connectivity index (χ1v) is 9.60. The number of rotatable bonds is 5. The number of nitrogen functional groups attached to an aromatic ring is 1. The van der Waals surface area contributed by atoms with E-state index in [1.807, 2.05) is 36.4 Å². The van der Waals surface area contributed by atoms with Gasteiger partial charge in [-0.05, 0) is 50.7 Å². The van der Waals surface area contributed by atoms with Crippen LogP contribution in [0.3, 0.4) is 0 Å². The topological polar surface area (TPSA) is 89.2 Å². The fraction of sp³-hybridized carbons (Fsp3) is 0.381. The predicted octanol–water partition coefficient (Wildman–Crippen LogP) is 2.93. The SMILES string of the molecule is COCc1ccccc1-c1ccc2c(N)nc(NC3CCN(C)CC3)nc2n1. The summed E-state index contributed by atoms with van der Waals surface area (Å²) in [6.45, 7) is 2.67. The van der Waals surface area contributed by atoms with Crippen molar-refractivity contribution < 1.29 is 4.74 Å². The molecule has 0 unspecified atom stereocenters. The Kier molecular flexibility index (Phi) is 5.36. The number of nitrogens with two attached hydrogens (primary N) is 1.